The van der Waals surface area contributed by atoms with Gasteiger partial charge in [0.1, 0.15) is 23.5 Å². The second-order valence-corrected chi connectivity index (χ2v) is 5.97. The molecule has 1 aromatic rings. The molecule has 0 amide bonds. The van der Waals surface area contributed by atoms with Gasteiger partial charge in [0.05, 0.1) is 0 Å². The third kappa shape index (κ3) is 7.48. The fourth-order valence-corrected chi connectivity index (χ4v) is 2.01. The Balaban J connectivity index is 2.61. The second kappa shape index (κ2) is 9.05. The maximum atomic E-state index is 13.6. The van der Waals surface area contributed by atoms with Crippen molar-refractivity contribution in [3.8, 4) is 5.75 Å². The van der Waals surface area contributed by atoms with Gasteiger partial charge in [0.15, 0.2) is 0 Å². The molecule has 0 fully saturated rings. The molecule has 0 spiro atoms. The highest BCUT2D eigenvalue weighted by atomic mass is 32.1. The number of ether oxygens (including phenoxy) is 1. The van der Waals surface area contributed by atoms with Gasteiger partial charge in [-0.25, -0.2) is 4.39 Å². The molecule has 0 aliphatic rings. The number of nitrogens with one attached hydrogen (secondary N) is 1. The van der Waals surface area contributed by atoms with Crippen molar-refractivity contribution in [1.29, 1.82) is 0 Å². The van der Waals surface area contributed by atoms with Gasteiger partial charge in [-0.3, -0.25) is 4.79 Å². The fourth-order valence-electron chi connectivity index (χ4n) is 1.90. The van der Waals surface area contributed by atoms with Gasteiger partial charge in [-0.2, -0.15) is 12.6 Å². The van der Waals surface area contributed by atoms with Crippen LogP contribution in [0.3, 0.4) is 0 Å². The average molecular weight is 313 g/mol. The van der Waals surface area contributed by atoms with Crippen LogP contribution in [0.1, 0.15) is 39.2 Å². The van der Waals surface area contributed by atoms with Crippen molar-refractivity contribution in [3.05, 3.63) is 29.6 Å². The Morgan fingerprint density at radius 1 is 1.38 bits per heavy atom. The number of carbonyl (C=O) groups is 1. The molecule has 0 aliphatic carbocycles. The topological polar surface area (TPSA) is 38.3 Å². The highest BCUT2D eigenvalue weighted by molar-refractivity contribution is 7.80. The predicted octanol–water partition coefficient (Wildman–Crippen LogP) is 3.37. The van der Waals surface area contributed by atoms with E-state index in [9.17, 15) is 9.18 Å². The first-order valence-electron chi connectivity index (χ1n) is 7.30. The molecule has 0 radical (unpaired) electrons. The van der Waals surface area contributed by atoms with E-state index in [2.05, 4.69) is 17.9 Å². The van der Waals surface area contributed by atoms with Crippen molar-refractivity contribution < 1.29 is 13.9 Å². The van der Waals surface area contributed by atoms with Crippen LogP contribution in [0.15, 0.2) is 18.2 Å². The lowest BCUT2D eigenvalue weighted by Gasteiger charge is -2.17. The second-order valence-electron chi connectivity index (χ2n) is 5.20. The number of Topliss-reactive ketones (excluding diaryl/α,β-unsaturated/α-hetero) is 1. The molecule has 0 saturated carbocycles. The molecule has 1 unspecified atom stereocenters. The van der Waals surface area contributed by atoms with Crippen LogP contribution >= 0.6 is 12.6 Å². The summed E-state index contributed by atoms with van der Waals surface area (Å²) in [5.74, 6) is 0.339. The zero-order chi connectivity index (χ0) is 15.8. The van der Waals surface area contributed by atoms with Crippen LogP contribution in [0.5, 0.6) is 5.75 Å². The van der Waals surface area contributed by atoms with Crippen molar-refractivity contribution in [3.63, 3.8) is 0 Å². The minimum Gasteiger partial charge on any atom is -0.489 e. The van der Waals surface area contributed by atoms with E-state index in [0.717, 1.165) is 5.56 Å². The number of aryl methyl sites for hydroxylation is 1. The first-order chi connectivity index (χ1) is 9.90. The predicted molar refractivity (Wildman–Crippen MR) is 86.6 cm³/mol. The minimum atomic E-state index is -0.339. The van der Waals surface area contributed by atoms with Crippen LogP contribution in [-0.2, 0) is 11.2 Å². The third-order valence-corrected chi connectivity index (χ3v) is 3.24. The lowest BCUT2D eigenvalue weighted by molar-refractivity contribution is -0.118. The summed E-state index contributed by atoms with van der Waals surface area (Å²) in [6.45, 7) is 6.31. The normalized spacial score (nSPS) is 13.8. The van der Waals surface area contributed by atoms with Crippen LogP contribution in [0, 0.1) is 5.82 Å². The summed E-state index contributed by atoms with van der Waals surface area (Å²) in [5.41, 5.74) is 0.787. The third-order valence-electron chi connectivity index (χ3n) is 3.06. The minimum absolute atomic E-state index is 0.0826. The van der Waals surface area contributed by atoms with Gasteiger partial charge < -0.3 is 10.1 Å². The molecule has 118 valence electrons. The van der Waals surface area contributed by atoms with Gasteiger partial charge in [-0.05, 0) is 38.0 Å². The maximum Gasteiger partial charge on any atom is 0.132 e. The number of hydrogen-bond donors (Lipinski definition) is 2. The zero-order valence-electron chi connectivity index (χ0n) is 12.9. The number of hydrogen-bond acceptors (Lipinski definition) is 4. The number of thiol groups is 1. The molecule has 21 heavy (non-hydrogen) atoms. The first-order valence-corrected chi connectivity index (χ1v) is 7.81. The molecule has 1 aromatic carbocycles. The molecule has 0 bridgehead atoms. The standard InChI is InChI=1S/C16H24FNO2S/c1-4-15(19)6-5-13-7-14(17)9-16(8-13)20-11(2)10-18-12(3)21/h7-9,11-12,18,21H,4-6,10H2,1-3H3/t11-,12?/m0/s1. The Kier molecular flexibility index (Phi) is 7.75. The fraction of sp³-hybridized carbons (Fsp3) is 0.562. The molecular weight excluding hydrogens is 289 g/mol. The average Bonchev–Trinajstić information content (AvgIpc) is 2.42. The van der Waals surface area contributed by atoms with Gasteiger partial charge in [0, 0.05) is 30.8 Å². The van der Waals surface area contributed by atoms with E-state index in [1.807, 2.05) is 20.8 Å². The van der Waals surface area contributed by atoms with E-state index >= 15 is 0 Å². The molecule has 0 aliphatic heterocycles. The summed E-state index contributed by atoms with van der Waals surface area (Å²) in [6.07, 6.45) is 1.41. The van der Waals surface area contributed by atoms with Gasteiger partial charge in [0.25, 0.3) is 0 Å². The highest BCUT2D eigenvalue weighted by Crippen LogP contribution is 2.19. The van der Waals surface area contributed by atoms with Gasteiger partial charge in [-0.15, -0.1) is 0 Å². The van der Waals surface area contributed by atoms with E-state index < -0.39 is 0 Å². The monoisotopic (exact) mass is 313 g/mol. The van der Waals surface area contributed by atoms with E-state index in [1.165, 1.54) is 12.1 Å². The molecule has 0 saturated heterocycles. The molecule has 3 nitrogen and oxygen atoms in total. The van der Waals surface area contributed by atoms with Crippen molar-refractivity contribution in [2.75, 3.05) is 6.54 Å². The van der Waals surface area contributed by atoms with Crippen LogP contribution in [0.4, 0.5) is 4.39 Å². The molecule has 1 N–H and O–H groups in total. The molecule has 1 rings (SSSR count). The molecule has 0 heterocycles. The molecule has 5 heteroatoms. The lowest BCUT2D eigenvalue weighted by Crippen LogP contribution is -2.32. The number of rotatable bonds is 9. The smallest absolute Gasteiger partial charge is 0.132 e. The Bertz CT molecular complexity index is 466. The quantitative estimate of drug-likeness (QED) is 0.542. The van der Waals surface area contributed by atoms with Crippen molar-refractivity contribution >= 4 is 18.4 Å². The number of halogens is 1. The van der Waals surface area contributed by atoms with Crippen LogP contribution in [0.25, 0.3) is 0 Å². The highest BCUT2D eigenvalue weighted by Gasteiger charge is 2.08. The SMILES string of the molecule is CCC(=O)CCc1cc(F)cc(O[C@@H](C)CNC(C)S)c1. The summed E-state index contributed by atoms with van der Waals surface area (Å²) in [5, 5.41) is 3.23. The first kappa shape index (κ1) is 18.0. The Hall–Kier alpha value is -1.07. The van der Waals surface area contributed by atoms with Gasteiger partial charge in [-0.1, -0.05) is 6.92 Å². The van der Waals surface area contributed by atoms with Crippen LogP contribution in [-0.4, -0.2) is 23.8 Å². The number of ketones is 1. The number of benzene rings is 1. The zero-order valence-corrected chi connectivity index (χ0v) is 13.8. The molecular formula is C16H24FNO2S. The van der Waals surface area contributed by atoms with Gasteiger partial charge in [0.2, 0.25) is 0 Å². The molecule has 0 aromatic heterocycles. The Morgan fingerprint density at radius 3 is 2.71 bits per heavy atom. The number of carbonyl (C=O) groups excluding carboxylic acids is 1. The van der Waals surface area contributed by atoms with E-state index in [4.69, 9.17) is 4.74 Å². The van der Waals surface area contributed by atoms with Crippen LogP contribution < -0.4 is 10.1 Å². The van der Waals surface area contributed by atoms with Crippen molar-refractivity contribution in [2.45, 2.75) is 51.5 Å². The largest absolute Gasteiger partial charge is 0.489 e. The lowest BCUT2D eigenvalue weighted by atomic mass is 10.1. The van der Waals surface area contributed by atoms with Crippen LogP contribution in [0.2, 0.25) is 0 Å². The van der Waals surface area contributed by atoms with Gasteiger partial charge >= 0.3 is 0 Å². The van der Waals surface area contributed by atoms with E-state index in [1.54, 1.807) is 6.07 Å². The summed E-state index contributed by atoms with van der Waals surface area (Å²) in [6, 6.07) is 4.62. The Morgan fingerprint density at radius 2 is 2.10 bits per heavy atom. The maximum absolute atomic E-state index is 13.6. The van der Waals surface area contributed by atoms with Crippen molar-refractivity contribution in [1.82, 2.24) is 5.32 Å². The van der Waals surface area contributed by atoms with E-state index in [-0.39, 0.29) is 23.1 Å². The summed E-state index contributed by atoms with van der Waals surface area (Å²) < 4.78 is 19.3. The van der Waals surface area contributed by atoms with Crippen molar-refractivity contribution in [2.24, 2.45) is 0 Å². The molecule has 2 atom stereocenters. The van der Waals surface area contributed by atoms with E-state index in [0.29, 0.717) is 31.6 Å². The summed E-state index contributed by atoms with van der Waals surface area (Å²) in [4.78, 5) is 11.3. The Labute approximate surface area is 131 Å². The summed E-state index contributed by atoms with van der Waals surface area (Å²) in [7, 11) is 0. The summed E-state index contributed by atoms with van der Waals surface area (Å²) >= 11 is 4.23.